The van der Waals surface area contributed by atoms with Gasteiger partial charge in [-0.2, -0.15) is 0 Å². The fourth-order valence-electron chi connectivity index (χ4n) is 3.94. The van der Waals surface area contributed by atoms with Gasteiger partial charge in [-0.1, -0.05) is 18.2 Å². The molecule has 1 unspecified atom stereocenters. The van der Waals surface area contributed by atoms with Gasteiger partial charge in [-0.3, -0.25) is 19.2 Å². The number of amides is 2. The van der Waals surface area contributed by atoms with E-state index in [0.29, 0.717) is 36.4 Å². The molecule has 0 spiro atoms. The molecule has 1 atom stereocenters. The van der Waals surface area contributed by atoms with Crippen LogP contribution < -0.4 is 26.8 Å². The number of anilines is 3. The van der Waals surface area contributed by atoms with E-state index in [-0.39, 0.29) is 23.4 Å². The Morgan fingerprint density at radius 1 is 1.21 bits per heavy atom. The molecule has 0 fully saturated rings. The number of rotatable bonds is 9. The van der Waals surface area contributed by atoms with Crippen LogP contribution in [-0.2, 0) is 16.1 Å². The second-order valence-electron chi connectivity index (χ2n) is 7.81. The van der Waals surface area contributed by atoms with Crippen LogP contribution in [0.1, 0.15) is 36.2 Å². The molecule has 0 aromatic heterocycles. The highest BCUT2D eigenvalue weighted by Crippen LogP contribution is 2.34. The largest absolute Gasteiger partial charge is 0.493 e. The molecule has 2 aliphatic rings. The first-order valence-corrected chi connectivity index (χ1v) is 10.6. The fraction of sp³-hybridized carbons (Fsp3) is 0.250. The van der Waals surface area contributed by atoms with Gasteiger partial charge in [0.05, 0.1) is 36.1 Å². The zero-order valence-electron chi connectivity index (χ0n) is 18.3. The van der Waals surface area contributed by atoms with E-state index in [4.69, 9.17) is 4.74 Å². The van der Waals surface area contributed by atoms with Gasteiger partial charge in [0.2, 0.25) is 6.41 Å². The summed E-state index contributed by atoms with van der Waals surface area (Å²) in [5.74, 6) is 0.442. The summed E-state index contributed by atoms with van der Waals surface area (Å²) >= 11 is 0. The first-order valence-electron chi connectivity index (χ1n) is 10.6. The third-order valence-corrected chi connectivity index (χ3v) is 5.53. The Labute approximate surface area is 190 Å². The molecule has 33 heavy (non-hydrogen) atoms. The number of hydrogen-bond donors (Lipinski definition) is 3. The quantitative estimate of drug-likeness (QED) is 0.306. The first kappa shape index (κ1) is 22.1. The molecule has 2 aliphatic heterocycles. The molecule has 2 heterocycles. The molecular weight excluding hydrogens is 424 g/mol. The summed E-state index contributed by atoms with van der Waals surface area (Å²) in [6, 6.07) is 5.29. The Morgan fingerprint density at radius 2 is 2.00 bits per heavy atom. The summed E-state index contributed by atoms with van der Waals surface area (Å²) in [4.78, 5) is 49.9. The van der Waals surface area contributed by atoms with Crippen molar-refractivity contribution < 1.29 is 14.3 Å². The zero-order valence-corrected chi connectivity index (χ0v) is 18.3. The van der Waals surface area contributed by atoms with E-state index in [1.165, 1.54) is 11.1 Å². The number of carbonyl (C=O) groups excluding carboxylic acids is 2. The van der Waals surface area contributed by atoms with Gasteiger partial charge < -0.3 is 25.6 Å². The van der Waals surface area contributed by atoms with Gasteiger partial charge in [-0.05, 0) is 37.6 Å². The Kier molecular flexibility index (Phi) is 6.12. The predicted molar refractivity (Wildman–Crippen MR) is 125 cm³/mol. The molecule has 2 aromatic carbocycles. The van der Waals surface area contributed by atoms with Crippen molar-refractivity contribution in [1.29, 1.82) is 0 Å². The Bertz CT molecular complexity index is 1270. The first-order chi connectivity index (χ1) is 15.9. The monoisotopic (exact) mass is 448 g/mol. The number of benzene rings is 1. The Hall–Kier alpha value is -4.14. The predicted octanol–water partition coefficient (Wildman–Crippen LogP) is 2.25. The molecular formula is C24H24N4O5. The number of nitrogens with zero attached hydrogens (tertiary/aromatic N) is 1. The van der Waals surface area contributed by atoms with Crippen LogP contribution in [0.15, 0.2) is 63.7 Å². The standard InChI is InChI=1S/C24H24N4O5/c1-3-5-16(10-25-13-29)28-12-15-6-4-7-18(19(15)24(28)32)27-21-20(22(30)23(21)31)26-11-17-9-8-14(2)33-17/h3-7,9-10,13-14,26-27H,8,11-12H2,1-2H3,(H,25,29)/b5-3-,16-10+. The van der Waals surface area contributed by atoms with Crippen LogP contribution in [-0.4, -0.2) is 29.9 Å². The topological polar surface area (TPSA) is 117 Å². The molecule has 3 N–H and O–H groups in total. The van der Waals surface area contributed by atoms with Crippen molar-refractivity contribution in [3.63, 3.8) is 0 Å². The molecule has 0 radical (unpaired) electrons. The highest BCUT2D eigenvalue weighted by molar-refractivity contribution is 6.05. The molecule has 9 heteroatoms. The van der Waals surface area contributed by atoms with Crippen molar-refractivity contribution in [2.24, 2.45) is 0 Å². The summed E-state index contributed by atoms with van der Waals surface area (Å²) in [7, 11) is 0. The average molecular weight is 448 g/mol. The lowest BCUT2D eigenvalue weighted by atomic mass is 10.1. The van der Waals surface area contributed by atoms with Gasteiger partial charge in [0.25, 0.3) is 16.8 Å². The minimum atomic E-state index is -0.642. The summed E-state index contributed by atoms with van der Waals surface area (Å²) in [5, 5.41) is 8.43. The lowest BCUT2D eigenvalue weighted by molar-refractivity contribution is -0.108. The molecule has 2 amide bonds. The second kappa shape index (κ2) is 9.15. The van der Waals surface area contributed by atoms with E-state index in [0.717, 1.165) is 17.7 Å². The molecule has 9 nitrogen and oxygen atoms in total. The minimum absolute atomic E-state index is 0.0937. The zero-order chi connectivity index (χ0) is 23.5. The van der Waals surface area contributed by atoms with E-state index in [1.54, 1.807) is 24.3 Å². The van der Waals surface area contributed by atoms with Gasteiger partial charge in [-0.15, -0.1) is 0 Å². The van der Waals surface area contributed by atoms with Crippen LogP contribution in [0, 0.1) is 0 Å². The lowest BCUT2D eigenvalue weighted by Crippen LogP contribution is -2.37. The van der Waals surface area contributed by atoms with Gasteiger partial charge in [0.15, 0.2) is 0 Å². The maximum atomic E-state index is 13.2. The van der Waals surface area contributed by atoms with E-state index in [2.05, 4.69) is 16.0 Å². The highest BCUT2D eigenvalue weighted by Gasteiger charge is 2.32. The Morgan fingerprint density at radius 3 is 2.70 bits per heavy atom. The molecule has 2 aromatic rings. The van der Waals surface area contributed by atoms with Crippen molar-refractivity contribution in [3.8, 4) is 0 Å². The molecule has 0 aliphatic carbocycles. The maximum absolute atomic E-state index is 13.2. The summed E-state index contributed by atoms with van der Waals surface area (Å²) in [6.07, 6.45) is 8.29. The van der Waals surface area contributed by atoms with Crippen LogP contribution in [0.25, 0.3) is 0 Å². The van der Waals surface area contributed by atoms with Crippen LogP contribution in [0.2, 0.25) is 0 Å². The maximum Gasteiger partial charge on any atom is 0.261 e. The average Bonchev–Trinajstić information content (AvgIpc) is 3.38. The molecule has 4 rings (SSSR count). The summed E-state index contributed by atoms with van der Waals surface area (Å²) in [5.41, 5.74) is 1.17. The summed E-state index contributed by atoms with van der Waals surface area (Å²) < 4.78 is 5.62. The van der Waals surface area contributed by atoms with Crippen molar-refractivity contribution in [2.45, 2.75) is 32.9 Å². The van der Waals surface area contributed by atoms with E-state index in [1.807, 2.05) is 26.0 Å². The molecule has 0 saturated heterocycles. The number of hydrogen-bond acceptors (Lipinski definition) is 7. The lowest BCUT2D eigenvalue weighted by Gasteiger charge is -2.18. The normalized spacial score (nSPS) is 17.8. The van der Waals surface area contributed by atoms with Gasteiger partial charge >= 0.3 is 0 Å². The minimum Gasteiger partial charge on any atom is -0.493 e. The number of ether oxygens (including phenoxy) is 1. The van der Waals surface area contributed by atoms with Crippen molar-refractivity contribution in [3.05, 3.63) is 85.7 Å². The molecule has 0 saturated carbocycles. The Balaban J connectivity index is 1.57. The van der Waals surface area contributed by atoms with Crippen molar-refractivity contribution in [2.75, 3.05) is 17.2 Å². The fourth-order valence-corrected chi connectivity index (χ4v) is 3.94. The van der Waals surface area contributed by atoms with Gasteiger partial charge in [0.1, 0.15) is 17.1 Å². The summed E-state index contributed by atoms with van der Waals surface area (Å²) in [6.45, 7) is 4.37. The van der Waals surface area contributed by atoms with Crippen LogP contribution in [0.4, 0.5) is 17.1 Å². The third-order valence-electron chi connectivity index (χ3n) is 5.53. The second-order valence-corrected chi connectivity index (χ2v) is 7.81. The van der Waals surface area contributed by atoms with Crippen LogP contribution in [0.3, 0.4) is 0 Å². The van der Waals surface area contributed by atoms with Crippen molar-refractivity contribution >= 4 is 29.4 Å². The smallest absolute Gasteiger partial charge is 0.261 e. The number of fused-ring (bicyclic) bond motifs is 1. The van der Waals surface area contributed by atoms with Gasteiger partial charge in [-0.25, -0.2) is 0 Å². The number of carbonyl (C=O) groups is 2. The van der Waals surface area contributed by atoms with E-state index < -0.39 is 10.9 Å². The van der Waals surface area contributed by atoms with Crippen LogP contribution >= 0.6 is 0 Å². The SMILES string of the molecule is C/C=C\C(=C/NC=O)N1Cc2cccc(Nc3c(NCC4=CCC(C)O4)c(=O)c3=O)c2C1=O. The van der Waals surface area contributed by atoms with Crippen molar-refractivity contribution in [1.82, 2.24) is 10.2 Å². The van der Waals surface area contributed by atoms with Gasteiger partial charge in [0, 0.05) is 12.6 Å². The number of allylic oxidation sites excluding steroid dienone is 2. The van der Waals surface area contributed by atoms with E-state index >= 15 is 0 Å². The highest BCUT2D eigenvalue weighted by atomic mass is 16.5. The van der Waals surface area contributed by atoms with Crippen LogP contribution in [0.5, 0.6) is 0 Å². The molecule has 0 bridgehead atoms. The number of nitrogens with one attached hydrogen (secondary N) is 3. The third kappa shape index (κ3) is 4.17. The van der Waals surface area contributed by atoms with E-state index in [9.17, 15) is 19.2 Å². The molecule has 170 valence electrons.